The second kappa shape index (κ2) is 6.11. The van der Waals surface area contributed by atoms with Crippen molar-refractivity contribution in [2.24, 2.45) is 5.73 Å². The first-order chi connectivity index (χ1) is 7.63. The number of rotatable bonds is 5. The molecule has 0 fully saturated rings. The van der Waals surface area contributed by atoms with Gasteiger partial charge in [0.25, 0.3) is 0 Å². The average Bonchev–Trinajstić information content (AvgIpc) is 2.29. The lowest BCUT2D eigenvalue weighted by Gasteiger charge is -2.15. The van der Waals surface area contributed by atoms with Gasteiger partial charge in [-0.25, -0.2) is 0 Å². The fraction of sp³-hybridized carbons (Fsp3) is 0.500. The summed E-state index contributed by atoms with van der Waals surface area (Å²) in [5, 5.41) is 0. The third kappa shape index (κ3) is 2.89. The summed E-state index contributed by atoms with van der Waals surface area (Å²) in [6.07, 6.45) is 0.952. The molecule has 90 valence electrons. The molecule has 1 rings (SSSR count). The van der Waals surface area contributed by atoms with Crippen LogP contribution < -0.4 is 15.2 Å². The Balaban J connectivity index is 3.11. The van der Waals surface area contributed by atoms with Crippen LogP contribution in [0.1, 0.15) is 24.8 Å². The summed E-state index contributed by atoms with van der Waals surface area (Å²) in [5.41, 5.74) is 6.75. The van der Waals surface area contributed by atoms with E-state index in [0.717, 1.165) is 22.4 Å². The molecule has 3 nitrogen and oxygen atoms in total. The zero-order valence-corrected chi connectivity index (χ0v) is 11.5. The highest BCUT2D eigenvalue weighted by Crippen LogP contribution is 2.38. The van der Waals surface area contributed by atoms with Crippen LogP contribution in [0.4, 0.5) is 0 Å². The maximum Gasteiger partial charge on any atom is 0.137 e. The predicted molar refractivity (Wildman–Crippen MR) is 69.3 cm³/mol. The number of nitrogens with two attached hydrogens (primary N) is 1. The largest absolute Gasteiger partial charge is 0.495 e. The van der Waals surface area contributed by atoms with Crippen molar-refractivity contribution in [1.29, 1.82) is 0 Å². The summed E-state index contributed by atoms with van der Waals surface area (Å²) >= 11 is 3.45. The minimum absolute atomic E-state index is 0.404. The van der Waals surface area contributed by atoms with Gasteiger partial charge in [-0.1, -0.05) is 6.92 Å². The Bertz CT molecular complexity index is 330. The molecule has 0 spiro atoms. The molecule has 0 aliphatic carbocycles. The Labute approximate surface area is 105 Å². The van der Waals surface area contributed by atoms with E-state index in [1.54, 1.807) is 14.2 Å². The summed E-state index contributed by atoms with van der Waals surface area (Å²) < 4.78 is 11.4. The molecular formula is C12H18BrNO2. The molecule has 0 aromatic heterocycles. The van der Waals surface area contributed by atoms with Gasteiger partial charge in [0.1, 0.15) is 16.0 Å². The van der Waals surface area contributed by atoms with Crippen LogP contribution in [0.15, 0.2) is 16.6 Å². The van der Waals surface area contributed by atoms with Gasteiger partial charge in [0.05, 0.1) is 14.2 Å². The van der Waals surface area contributed by atoms with E-state index >= 15 is 0 Å². The number of halogens is 1. The predicted octanol–water partition coefficient (Wildman–Crippen LogP) is 2.92. The van der Waals surface area contributed by atoms with Gasteiger partial charge in [0.2, 0.25) is 0 Å². The number of methoxy groups -OCH3 is 2. The molecule has 0 aliphatic heterocycles. The topological polar surface area (TPSA) is 44.5 Å². The second-order valence-electron chi connectivity index (χ2n) is 3.72. The second-order valence-corrected chi connectivity index (χ2v) is 4.51. The number of benzene rings is 1. The van der Waals surface area contributed by atoms with Crippen molar-refractivity contribution in [2.45, 2.75) is 19.3 Å². The number of ether oxygens (including phenoxy) is 2. The van der Waals surface area contributed by atoms with Crippen molar-refractivity contribution in [3.63, 3.8) is 0 Å². The van der Waals surface area contributed by atoms with Gasteiger partial charge in [0.15, 0.2) is 0 Å². The maximum atomic E-state index is 5.57. The number of hydrogen-bond donors (Lipinski definition) is 1. The van der Waals surface area contributed by atoms with E-state index in [9.17, 15) is 0 Å². The minimum Gasteiger partial charge on any atom is -0.495 e. The Morgan fingerprint density at radius 3 is 2.12 bits per heavy atom. The van der Waals surface area contributed by atoms with Gasteiger partial charge in [-0.15, -0.1) is 0 Å². The van der Waals surface area contributed by atoms with Gasteiger partial charge in [-0.3, -0.25) is 0 Å². The van der Waals surface area contributed by atoms with Crippen LogP contribution in [-0.2, 0) is 0 Å². The van der Waals surface area contributed by atoms with Crippen LogP contribution in [0.3, 0.4) is 0 Å². The zero-order valence-electron chi connectivity index (χ0n) is 9.92. The molecule has 2 N–H and O–H groups in total. The van der Waals surface area contributed by atoms with Crippen molar-refractivity contribution in [2.75, 3.05) is 20.8 Å². The van der Waals surface area contributed by atoms with Crippen LogP contribution in [0.2, 0.25) is 0 Å². The molecule has 0 bridgehead atoms. The quantitative estimate of drug-likeness (QED) is 0.906. The molecule has 0 saturated heterocycles. The molecule has 16 heavy (non-hydrogen) atoms. The SMILES string of the molecule is COc1cc(C(C)CCN)cc(OC)c1Br. The third-order valence-electron chi connectivity index (χ3n) is 2.64. The molecule has 0 aliphatic rings. The van der Waals surface area contributed by atoms with E-state index in [0.29, 0.717) is 12.5 Å². The molecule has 0 saturated carbocycles. The van der Waals surface area contributed by atoms with Gasteiger partial charge in [-0.05, 0) is 52.5 Å². The first-order valence-corrected chi connectivity index (χ1v) is 6.04. The molecule has 1 unspecified atom stereocenters. The highest BCUT2D eigenvalue weighted by molar-refractivity contribution is 9.10. The zero-order chi connectivity index (χ0) is 12.1. The minimum atomic E-state index is 0.404. The van der Waals surface area contributed by atoms with Gasteiger partial charge < -0.3 is 15.2 Å². The van der Waals surface area contributed by atoms with Crippen molar-refractivity contribution < 1.29 is 9.47 Å². The number of hydrogen-bond acceptors (Lipinski definition) is 3. The fourth-order valence-corrected chi connectivity index (χ4v) is 2.14. The molecule has 0 amide bonds. The van der Waals surface area contributed by atoms with Gasteiger partial charge >= 0.3 is 0 Å². The van der Waals surface area contributed by atoms with Crippen molar-refractivity contribution >= 4 is 15.9 Å². The van der Waals surface area contributed by atoms with Crippen LogP contribution in [-0.4, -0.2) is 20.8 Å². The normalized spacial score (nSPS) is 12.3. The first kappa shape index (κ1) is 13.3. The summed E-state index contributed by atoms with van der Waals surface area (Å²) in [7, 11) is 3.30. The van der Waals surface area contributed by atoms with E-state index in [4.69, 9.17) is 15.2 Å². The van der Waals surface area contributed by atoms with Crippen LogP contribution in [0, 0.1) is 0 Å². The Morgan fingerprint density at radius 1 is 1.25 bits per heavy atom. The molecule has 4 heteroatoms. The molecule has 1 aromatic carbocycles. The fourth-order valence-electron chi connectivity index (χ4n) is 1.59. The van der Waals surface area contributed by atoms with Crippen molar-refractivity contribution in [1.82, 2.24) is 0 Å². The lowest BCUT2D eigenvalue weighted by atomic mass is 9.97. The van der Waals surface area contributed by atoms with E-state index in [-0.39, 0.29) is 0 Å². The Hall–Kier alpha value is -0.740. The van der Waals surface area contributed by atoms with Crippen molar-refractivity contribution in [3.05, 3.63) is 22.2 Å². The molecule has 1 atom stereocenters. The van der Waals surface area contributed by atoms with Crippen molar-refractivity contribution in [3.8, 4) is 11.5 Å². The Kier molecular flexibility index (Phi) is 5.09. The highest BCUT2D eigenvalue weighted by Gasteiger charge is 2.13. The lowest BCUT2D eigenvalue weighted by molar-refractivity contribution is 0.388. The average molecular weight is 288 g/mol. The molecule has 0 heterocycles. The van der Waals surface area contributed by atoms with E-state index in [2.05, 4.69) is 22.9 Å². The van der Waals surface area contributed by atoms with Crippen LogP contribution in [0.5, 0.6) is 11.5 Å². The van der Waals surface area contributed by atoms with E-state index in [1.807, 2.05) is 12.1 Å². The smallest absolute Gasteiger partial charge is 0.137 e. The third-order valence-corrected chi connectivity index (χ3v) is 3.42. The molecular weight excluding hydrogens is 270 g/mol. The summed E-state index contributed by atoms with van der Waals surface area (Å²) in [6, 6.07) is 4.04. The summed E-state index contributed by atoms with van der Waals surface area (Å²) in [5.74, 6) is 1.98. The lowest BCUT2D eigenvalue weighted by Crippen LogP contribution is -2.05. The maximum absolute atomic E-state index is 5.57. The van der Waals surface area contributed by atoms with Gasteiger partial charge in [0, 0.05) is 0 Å². The molecule has 0 radical (unpaired) electrons. The van der Waals surface area contributed by atoms with Gasteiger partial charge in [-0.2, -0.15) is 0 Å². The van der Waals surface area contributed by atoms with Crippen LogP contribution >= 0.6 is 15.9 Å². The van der Waals surface area contributed by atoms with E-state index in [1.165, 1.54) is 5.56 Å². The standard InChI is InChI=1S/C12H18BrNO2/c1-8(4-5-14)9-6-10(15-2)12(13)11(7-9)16-3/h6-8H,4-5,14H2,1-3H3. The highest BCUT2D eigenvalue weighted by atomic mass is 79.9. The molecule has 1 aromatic rings. The van der Waals surface area contributed by atoms with Crippen LogP contribution in [0.25, 0.3) is 0 Å². The van der Waals surface area contributed by atoms with E-state index < -0.39 is 0 Å². The monoisotopic (exact) mass is 287 g/mol. The summed E-state index contributed by atoms with van der Waals surface area (Å²) in [4.78, 5) is 0. The first-order valence-electron chi connectivity index (χ1n) is 5.25. The summed E-state index contributed by atoms with van der Waals surface area (Å²) in [6.45, 7) is 2.83. The Morgan fingerprint density at radius 2 is 1.75 bits per heavy atom.